The van der Waals surface area contributed by atoms with E-state index in [1.165, 1.54) is 104 Å². The number of aromatic nitrogens is 2. The van der Waals surface area contributed by atoms with Gasteiger partial charge in [0.2, 0.25) is 0 Å². The third kappa shape index (κ3) is 11.7. The van der Waals surface area contributed by atoms with E-state index in [9.17, 15) is 44.7 Å². The second kappa shape index (κ2) is 23.3. The first-order valence-corrected chi connectivity index (χ1v) is 24.3. The molecule has 3 aromatic rings. The molecule has 2 aromatic carbocycles. The summed E-state index contributed by atoms with van der Waals surface area (Å²) >= 11 is 0. The molecule has 1 saturated carbocycles. The summed E-state index contributed by atoms with van der Waals surface area (Å²) in [7, 11) is 1.44. The highest BCUT2D eigenvalue weighted by atomic mass is 16.7. The van der Waals surface area contributed by atoms with Gasteiger partial charge in [0.15, 0.2) is 5.75 Å². The highest BCUT2D eigenvalue weighted by Gasteiger charge is 2.50. The summed E-state index contributed by atoms with van der Waals surface area (Å²) in [5.74, 6) is -8.83. The number of rotatable bonds is 6. The lowest BCUT2D eigenvalue weighted by Gasteiger charge is -2.38. The third-order valence-electron chi connectivity index (χ3n) is 14.3. The molecule has 20 heteroatoms. The highest BCUT2D eigenvalue weighted by Crippen LogP contribution is 2.55. The van der Waals surface area contributed by atoms with Gasteiger partial charge >= 0.3 is 11.8 Å². The normalized spacial score (nSPS) is 29.4. The highest BCUT2D eigenvalue weighted by molar-refractivity contribution is 6.23. The number of benzene rings is 2. The van der Waals surface area contributed by atoms with Crippen molar-refractivity contribution < 1.29 is 63.7 Å². The van der Waals surface area contributed by atoms with Gasteiger partial charge in [-0.2, -0.15) is 5.10 Å². The summed E-state index contributed by atoms with van der Waals surface area (Å²) in [5, 5.41) is 67.6. The van der Waals surface area contributed by atoms with Crippen molar-refractivity contribution in [2.24, 2.45) is 34.5 Å². The predicted molar refractivity (Wildman–Crippen MR) is 267 cm³/mol. The van der Waals surface area contributed by atoms with Crippen molar-refractivity contribution in [1.82, 2.24) is 19.9 Å². The second-order valence-electron chi connectivity index (χ2n) is 19.2. The molecule has 72 heavy (non-hydrogen) atoms. The topological polar surface area (TPSA) is 289 Å². The van der Waals surface area contributed by atoms with Crippen molar-refractivity contribution in [1.29, 1.82) is 0 Å². The molecule has 1 aliphatic carbocycles. The van der Waals surface area contributed by atoms with E-state index in [2.05, 4.69) is 25.3 Å². The van der Waals surface area contributed by atoms with Crippen LogP contribution in [0.4, 0.5) is 5.69 Å². The number of allylic oxidation sites excluding steroid dienone is 2. The maximum Gasteiger partial charge on any atom is 0.312 e. The number of aliphatic hydroxyl groups is 2. The second-order valence-corrected chi connectivity index (χ2v) is 19.2. The van der Waals surface area contributed by atoms with Gasteiger partial charge in [0.05, 0.1) is 59.2 Å². The van der Waals surface area contributed by atoms with E-state index in [1.807, 2.05) is 5.01 Å². The Morgan fingerprint density at radius 1 is 0.931 bits per heavy atom. The van der Waals surface area contributed by atoms with Crippen LogP contribution in [0.5, 0.6) is 23.0 Å². The van der Waals surface area contributed by atoms with Crippen LogP contribution in [0.25, 0.3) is 10.8 Å². The van der Waals surface area contributed by atoms with Crippen molar-refractivity contribution in [2.45, 2.75) is 117 Å². The van der Waals surface area contributed by atoms with E-state index in [1.54, 1.807) is 39.8 Å². The average Bonchev–Trinajstić information content (AvgIpc) is 4.00. The molecule has 0 spiro atoms. The minimum atomic E-state index is -2.04. The molecule has 2 amide bonds. The van der Waals surface area contributed by atoms with E-state index in [4.69, 9.17) is 24.7 Å². The zero-order valence-corrected chi connectivity index (χ0v) is 42.4. The molecule has 0 unspecified atom stereocenters. The number of phenols is 3. The van der Waals surface area contributed by atoms with Crippen LogP contribution in [0.2, 0.25) is 0 Å². The number of fused-ring (bicyclic) bond motifs is 14. The van der Waals surface area contributed by atoms with Crippen LogP contribution in [0.1, 0.15) is 106 Å². The number of esters is 1. The summed E-state index contributed by atoms with van der Waals surface area (Å²) in [6.07, 6.45) is 14.0. The number of ketones is 1. The molecule has 0 radical (unpaired) electrons. The lowest BCUT2D eigenvalue weighted by molar-refractivity contribution is -0.160. The van der Waals surface area contributed by atoms with Gasteiger partial charge in [-0.15, -0.1) is 0 Å². The number of nitrogens with zero attached hydrogens (tertiary/aromatic N) is 5. The maximum atomic E-state index is 14.5. The summed E-state index contributed by atoms with van der Waals surface area (Å²) in [5.41, 5.74) is 4.77. The van der Waals surface area contributed by atoms with E-state index >= 15 is 0 Å². The van der Waals surface area contributed by atoms with Crippen LogP contribution in [0, 0.1) is 30.6 Å². The Labute approximate surface area is 419 Å². The number of aliphatic hydroxyl groups excluding tert-OH is 2. The van der Waals surface area contributed by atoms with Gasteiger partial charge in [-0.05, 0) is 32.8 Å². The number of aromatic hydroxyl groups is 3. The molecule has 2 fully saturated rings. The number of carbonyl (C=O) groups is 4. The van der Waals surface area contributed by atoms with Gasteiger partial charge < -0.3 is 55.5 Å². The number of carbonyl (C=O) groups excluding carboxylic acids is 4. The van der Waals surface area contributed by atoms with Crippen LogP contribution in [0.3, 0.4) is 0 Å². The zero-order valence-electron chi connectivity index (χ0n) is 42.4. The van der Waals surface area contributed by atoms with Crippen molar-refractivity contribution in [2.75, 3.05) is 38.6 Å². The van der Waals surface area contributed by atoms with E-state index < -0.39 is 94.7 Å². The van der Waals surface area contributed by atoms with E-state index in [0.717, 1.165) is 13.1 Å². The Bertz CT molecular complexity index is 2610. The number of primary amides is 1. The largest absolute Gasteiger partial charge is 0.507 e. The van der Waals surface area contributed by atoms with Crippen LogP contribution in [-0.2, 0) is 23.8 Å². The van der Waals surface area contributed by atoms with Gasteiger partial charge in [-0.3, -0.25) is 34.1 Å². The zero-order chi connectivity index (χ0) is 52.8. The van der Waals surface area contributed by atoms with Gasteiger partial charge in [0.1, 0.15) is 29.0 Å². The molecular weight excluding hydrogens is 931 g/mol. The van der Waals surface area contributed by atoms with Crippen molar-refractivity contribution in [3.63, 3.8) is 0 Å². The molecule has 5 bridgehead atoms. The molecule has 9 atom stereocenters. The van der Waals surface area contributed by atoms with Crippen LogP contribution < -0.4 is 15.8 Å². The lowest BCUT2D eigenvalue weighted by Crippen LogP contribution is -2.47. The van der Waals surface area contributed by atoms with Crippen molar-refractivity contribution in [3.8, 4) is 23.0 Å². The summed E-state index contributed by atoms with van der Waals surface area (Å²) in [4.78, 5) is 60.8. The lowest BCUT2D eigenvalue weighted by atomic mass is 9.78. The van der Waals surface area contributed by atoms with Gasteiger partial charge in [0.25, 0.3) is 17.6 Å². The third-order valence-corrected chi connectivity index (χ3v) is 14.3. The molecular formula is C52H69N7O13. The monoisotopic (exact) mass is 999 g/mol. The van der Waals surface area contributed by atoms with Gasteiger partial charge in [-0.1, -0.05) is 58.8 Å². The van der Waals surface area contributed by atoms with Gasteiger partial charge in [0, 0.05) is 106 Å². The van der Waals surface area contributed by atoms with Crippen LogP contribution >= 0.6 is 0 Å². The summed E-state index contributed by atoms with van der Waals surface area (Å²) in [6, 6.07) is 0.553. The quantitative estimate of drug-likeness (QED) is 0.0721. The molecule has 8 N–H and O–H groups in total. The number of anilines is 1. The first-order chi connectivity index (χ1) is 34.1. The Morgan fingerprint density at radius 3 is 2.21 bits per heavy atom. The molecule has 20 nitrogen and oxygen atoms in total. The van der Waals surface area contributed by atoms with Crippen LogP contribution in [-0.4, -0.2) is 145 Å². The number of phenolic OH excluding ortho intramolecular Hbond substituents is 3. The smallest absolute Gasteiger partial charge is 0.312 e. The number of nitrogens with two attached hydrogens (primary N) is 1. The van der Waals surface area contributed by atoms with Crippen molar-refractivity contribution >= 4 is 46.2 Å². The van der Waals surface area contributed by atoms with Crippen molar-refractivity contribution in [3.05, 3.63) is 77.1 Å². The molecule has 1 aromatic heterocycles. The number of hydrogen-bond acceptors (Lipinski definition) is 18. The Morgan fingerprint density at radius 2 is 1.61 bits per heavy atom. The molecule has 5 aliphatic rings. The first-order valence-electron chi connectivity index (χ1n) is 24.3. The number of ether oxygens (including phenoxy) is 4. The number of hydrazone groups is 1. The first kappa shape index (κ1) is 54.7. The number of nitrogens with one attached hydrogen (secondary N) is 1. The minimum Gasteiger partial charge on any atom is -0.507 e. The fourth-order valence-corrected chi connectivity index (χ4v) is 9.90. The Kier molecular flexibility index (Phi) is 17.7. The number of Topliss-reactive ketones (excluding diaryl/α,β-unsaturated/α-hetero) is 1. The number of methoxy groups -OCH3 is 1. The number of piperazine rings is 1. The fraction of sp³-hybridized carbons (Fsp3) is 0.519. The predicted octanol–water partition coefficient (Wildman–Crippen LogP) is 5.22. The summed E-state index contributed by atoms with van der Waals surface area (Å²) in [6.45, 7) is 15.4. The average molecular weight is 1000 g/mol. The Hall–Kier alpha value is -6.61. The fourth-order valence-electron chi connectivity index (χ4n) is 9.90. The van der Waals surface area contributed by atoms with E-state index in [-0.39, 0.29) is 50.2 Å². The number of hydrogen-bond donors (Lipinski definition) is 7. The molecule has 8 rings (SSSR count). The van der Waals surface area contributed by atoms with Gasteiger partial charge in [-0.25, -0.2) is 4.98 Å². The van der Waals surface area contributed by atoms with E-state index in [0.29, 0.717) is 19.1 Å². The molecule has 1 saturated heterocycles. The maximum absolute atomic E-state index is 14.5. The summed E-state index contributed by atoms with van der Waals surface area (Å²) < 4.78 is 23.7. The standard InChI is InChI=1S/C47H64N4O12.C5H5N3O/c1-24-13-12-14-25(2)46(59)49-37-32(23-48-51-20-18-50(19-21-51)31-15-10-11-16-31)41(56)34-35(42(37)57)40(55)29(6)44-36(34)45(58)47(8,63-44)61-22-17-33(60-9)26(3)43(62-30(7)52)28(5)39(54)27(4)38(24)53;6-5(9)4-3-7-1-2-8-4/h12-14,17,22-24,26-28,31,33,38-39,43,53-57H,10-11,15-16,18-21H2,1-9H3,(H,49,59);1-3H,(H2,6,9)/b13-12+,22-17+,25-14-,48-23+;/t24-,26+,27+,28+,33-,38-,39+,43+,47-;/m0./s1. The Balaban J connectivity index is 0.000000847. The molecule has 5 heterocycles. The number of amides is 2. The molecule has 390 valence electrons. The minimum absolute atomic E-state index is 0.0631. The molecule has 4 aliphatic heterocycles. The SMILES string of the molecule is CO[C@H]1/C=C/O[C@@]2(C)Oc3c(C)c(O)c4c(O)c(c(/C=N/N5CCN(C6CCCC6)CC5)c(O)c4c3C2=O)NC(=O)/C(C)=C\C=C\[C@H](C)[C@H](O)[C@@H](C)[C@@H](O)[C@@H](C)[C@H](OC(C)=O)[C@@H]1C.NC(=O)c1cnccn1. The van der Waals surface area contributed by atoms with Crippen LogP contribution in [0.15, 0.2) is 59.8 Å².